The second kappa shape index (κ2) is 6.98. The third kappa shape index (κ3) is 4.77. The molecule has 0 aliphatic heterocycles. The molecule has 1 heterocycles. The molecule has 2 rings (SSSR count). The third-order valence-electron chi connectivity index (χ3n) is 3.06. The van der Waals surface area contributed by atoms with Crippen LogP contribution in [-0.4, -0.2) is 33.4 Å². The summed E-state index contributed by atoms with van der Waals surface area (Å²) >= 11 is 0. The first kappa shape index (κ1) is 15.9. The average molecular weight is 309 g/mol. The molecule has 1 aromatic carbocycles. The zero-order valence-corrected chi connectivity index (χ0v) is 13.0. The number of pyridine rings is 1. The standard InChI is InChI=1S/C15H19NO4S/c1-19-9-5-6-13-10-12(11-20-21(2,17)18)14-7-3-4-8-15(14)16-13/h3-4,7-8,10H,5-6,9,11H2,1-2H3. The molecule has 0 radical (unpaired) electrons. The smallest absolute Gasteiger partial charge is 0.264 e. The Hall–Kier alpha value is -1.50. The fraction of sp³-hybridized carbons (Fsp3) is 0.400. The lowest BCUT2D eigenvalue weighted by atomic mass is 10.1. The molecule has 6 heteroatoms. The zero-order chi connectivity index (χ0) is 15.3. The minimum Gasteiger partial charge on any atom is -0.385 e. The highest BCUT2D eigenvalue weighted by molar-refractivity contribution is 7.85. The molecule has 0 N–H and O–H groups in total. The van der Waals surface area contributed by atoms with Crippen LogP contribution in [-0.2, 0) is 32.1 Å². The summed E-state index contributed by atoms with van der Waals surface area (Å²) in [6.07, 6.45) is 2.70. The summed E-state index contributed by atoms with van der Waals surface area (Å²) in [5.74, 6) is 0. The number of ether oxygens (including phenoxy) is 1. The van der Waals surface area contributed by atoms with E-state index < -0.39 is 10.1 Å². The second-order valence-electron chi connectivity index (χ2n) is 4.85. The number of aromatic nitrogens is 1. The predicted molar refractivity (Wildman–Crippen MR) is 81.6 cm³/mol. The Morgan fingerprint density at radius 2 is 2.00 bits per heavy atom. The normalized spacial score (nSPS) is 11.9. The maximum Gasteiger partial charge on any atom is 0.264 e. The minimum atomic E-state index is -3.47. The summed E-state index contributed by atoms with van der Waals surface area (Å²) in [5.41, 5.74) is 2.59. The number of methoxy groups -OCH3 is 1. The van der Waals surface area contributed by atoms with Gasteiger partial charge in [-0.2, -0.15) is 8.42 Å². The summed E-state index contributed by atoms with van der Waals surface area (Å²) in [6, 6.07) is 9.55. The van der Waals surface area contributed by atoms with Gasteiger partial charge in [0.2, 0.25) is 0 Å². The van der Waals surface area contributed by atoms with Crippen LogP contribution in [0.4, 0.5) is 0 Å². The Morgan fingerprint density at radius 1 is 1.24 bits per heavy atom. The Bertz CT molecular complexity index is 713. The lowest BCUT2D eigenvalue weighted by Gasteiger charge is -2.09. The topological polar surface area (TPSA) is 65.5 Å². The summed E-state index contributed by atoms with van der Waals surface area (Å²) < 4.78 is 32.3. The van der Waals surface area contributed by atoms with Gasteiger partial charge in [0.15, 0.2) is 0 Å². The maximum atomic E-state index is 11.2. The number of benzene rings is 1. The number of rotatable bonds is 7. The largest absolute Gasteiger partial charge is 0.385 e. The zero-order valence-electron chi connectivity index (χ0n) is 12.2. The first-order valence-corrected chi connectivity index (χ1v) is 8.52. The van der Waals surface area contributed by atoms with Gasteiger partial charge in [-0.3, -0.25) is 9.17 Å². The van der Waals surface area contributed by atoms with Crippen molar-refractivity contribution in [2.45, 2.75) is 19.4 Å². The maximum absolute atomic E-state index is 11.2. The van der Waals surface area contributed by atoms with Crippen molar-refractivity contribution in [2.24, 2.45) is 0 Å². The number of aryl methyl sites for hydroxylation is 1. The molecule has 114 valence electrons. The molecule has 0 saturated carbocycles. The molecule has 0 bridgehead atoms. The molecule has 0 aliphatic carbocycles. The number of fused-ring (bicyclic) bond motifs is 1. The van der Waals surface area contributed by atoms with Crippen molar-refractivity contribution in [3.63, 3.8) is 0 Å². The molecule has 0 saturated heterocycles. The van der Waals surface area contributed by atoms with Crippen LogP contribution in [0.2, 0.25) is 0 Å². The molecular weight excluding hydrogens is 290 g/mol. The van der Waals surface area contributed by atoms with E-state index >= 15 is 0 Å². The molecule has 0 atom stereocenters. The van der Waals surface area contributed by atoms with Crippen molar-refractivity contribution in [2.75, 3.05) is 20.0 Å². The highest BCUT2D eigenvalue weighted by atomic mass is 32.2. The summed E-state index contributed by atoms with van der Waals surface area (Å²) in [5, 5.41) is 0.914. The van der Waals surface area contributed by atoms with Crippen molar-refractivity contribution in [3.8, 4) is 0 Å². The van der Waals surface area contributed by atoms with Gasteiger partial charge in [-0.25, -0.2) is 0 Å². The molecule has 5 nitrogen and oxygen atoms in total. The van der Waals surface area contributed by atoms with E-state index in [2.05, 4.69) is 4.98 Å². The molecular formula is C15H19NO4S. The van der Waals surface area contributed by atoms with Gasteiger partial charge in [0, 0.05) is 24.8 Å². The van der Waals surface area contributed by atoms with E-state index in [1.165, 1.54) is 0 Å². The molecule has 1 aromatic heterocycles. The molecule has 0 unspecified atom stereocenters. The molecule has 0 spiro atoms. The van der Waals surface area contributed by atoms with Crippen molar-refractivity contribution >= 4 is 21.0 Å². The highest BCUT2D eigenvalue weighted by Gasteiger charge is 2.09. The number of para-hydroxylation sites is 1. The van der Waals surface area contributed by atoms with Gasteiger partial charge in [0.25, 0.3) is 10.1 Å². The average Bonchev–Trinajstić information content (AvgIpc) is 2.44. The van der Waals surface area contributed by atoms with Gasteiger partial charge in [-0.05, 0) is 30.5 Å². The fourth-order valence-electron chi connectivity index (χ4n) is 2.12. The lowest BCUT2D eigenvalue weighted by molar-refractivity contribution is 0.195. The van der Waals surface area contributed by atoms with Gasteiger partial charge in [0.1, 0.15) is 0 Å². The summed E-state index contributed by atoms with van der Waals surface area (Å²) in [7, 11) is -1.80. The van der Waals surface area contributed by atoms with Crippen molar-refractivity contribution < 1.29 is 17.3 Å². The first-order chi connectivity index (χ1) is 9.99. The number of hydrogen-bond acceptors (Lipinski definition) is 5. The monoisotopic (exact) mass is 309 g/mol. The summed E-state index contributed by atoms with van der Waals surface area (Å²) in [4.78, 5) is 4.59. The van der Waals surface area contributed by atoms with E-state index in [1.807, 2.05) is 30.3 Å². The second-order valence-corrected chi connectivity index (χ2v) is 6.50. The van der Waals surface area contributed by atoms with Gasteiger partial charge >= 0.3 is 0 Å². The van der Waals surface area contributed by atoms with Gasteiger partial charge in [-0.1, -0.05) is 18.2 Å². The van der Waals surface area contributed by atoms with Crippen LogP contribution in [0.3, 0.4) is 0 Å². The Morgan fingerprint density at radius 3 is 2.71 bits per heavy atom. The van der Waals surface area contributed by atoms with Gasteiger partial charge in [0.05, 0.1) is 18.4 Å². The fourth-order valence-corrected chi connectivity index (χ4v) is 2.47. The molecule has 0 fully saturated rings. The molecule has 2 aromatic rings. The Kier molecular flexibility index (Phi) is 5.27. The predicted octanol–water partition coefficient (Wildman–Crippen LogP) is 2.29. The van der Waals surface area contributed by atoms with E-state index in [4.69, 9.17) is 8.92 Å². The minimum absolute atomic E-state index is 0.0269. The highest BCUT2D eigenvalue weighted by Crippen LogP contribution is 2.20. The lowest BCUT2D eigenvalue weighted by Crippen LogP contribution is -2.05. The van der Waals surface area contributed by atoms with Crippen LogP contribution >= 0.6 is 0 Å². The Balaban J connectivity index is 2.31. The van der Waals surface area contributed by atoms with Crippen LogP contribution in [0, 0.1) is 0 Å². The van der Waals surface area contributed by atoms with E-state index in [-0.39, 0.29) is 6.61 Å². The van der Waals surface area contributed by atoms with E-state index in [9.17, 15) is 8.42 Å². The number of hydrogen-bond donors (Lipinski definition) is 0. The quantitative estimate of drug-likeness (QED) is 0.580. The molecule has 21 heavy (non-hydrogen) atoms. The molecule has 0 amide bonds. The summed E-state index contributed by atoms with van der Waals surface area (Å²) in [6.45, 7) is 0.697. The van der Waals surface area contributed by atoms with Gasteiger partial charge < -0.3 is 4.74 Å². The SMILES string of the molecule is COCCCc1cc(COS(C)(=O)=O)c2ccccc2n1. The van der Waals surface area contributed by atoms with Crippen molar-refractivity contribution in [1.29, 1.82) is 0 Å². The van der Waals surface area contributed by atoms with Crippen LogP contribution in [0.5, 0.6) is 0 Å². The Labute approximate surface area is 125 Å². The van der Waals surface area contributed by atoms with E-state index in [0.717, 1.165) is 41.3 Å². The van der Waals surface area contributed by atoms with E-state index in [0.29, 0.717) is 6.61 Å². The van der Waals surface area contributed by atoms with Crippen molar-refractivity contribution in [1.82, 2.24) is 4.98 Å². The van der Waals surface area contributed by atoms with E-state index in [1.54, 1.807) is 7.11 Å². The number of nitrogens with zero attached hydrogens (tertiary/aromatic N) is 1. The first-order valence-electron chi connectivity index (χ1n) is 6.70. The third-order valence-corrected chi connectivity index (χ3v) is 3.61. The van der Waals surface area contributed by atoms with Gasteiger partial charge in [-0.15, -0.1) is 0 Å². The van der Waals surface area contributed by atoms with Crippen molar-refractivity contribution in [3.05, 3.63) is 41.6 Å². The van der Waals surface area contributed by atoms with Crippen LogP contribution < -0.4 is 0 Å². The van der Waals surface area contributed by atoms with Crippen LogP contribution in [0.1, 0.15) is 17.7 Å². The molecule has 0 aliphatic rings. The van der Waals surface area contributed by atoms with Crippen LogP contribution in [0.25, 0.3) is 10.9 Å². The van der Waals surface area contributed by atoms with Crippen LogP contribution in [0.15, 0.2) is 30.3 Å².